The topological polar surface area (TPSA) is 36.1 Å². The van der Waals surface area contributed by atoms with Crippen LogP contribution in [0.25, 0.3) is 0 Å². The quantitative estimate of drug-likeness (QED) is 0.650. The van der Waals surface area contributed by atoms with Gasteiger partial charge in [0.25, 0.3) is 0 Å². The predicted molar refractivity (Wildman–Crippen MR) is 44.5 cm³/mol. The number of nitrogens with one attached hydrogen (secondary N) is 1. The van der Waals surface area contributed by atoms with Crippen molar-refractivity contribution in [2.75, 3.05) is 11.4 Å². The van der Waals surface area contributed by atoms with Crippen molar-refractivity contribution in [3.63, 3.8) is 0 Å². The molecule has 0 unspecified atom stereocenters. The molecular weight excluding hydrogens is 140 g/mol. The predicted octanol–water partition coefficient (Wildman–Crippen LogP) is 1.39. The normalized spacial score (nSPS) is 9.55. The second kappa shape index (κ2) is 3.81. The van der Waals surface area contributed by atoms with Gasteiger partial charge in [0, 0.05) is 12.7 Å². The Balaban J connectivity index is 2.63. The Morgan fingerprint density at radius 2 is 2.55 bits per heavy atom. The van der Waals surface area contributed by atoms with Crippen LogP contribution in [0.5, 0.6) is 0 Å². The molecule has 3 nitrogen and oxygen atoms in total. The highest BCUT2D eigenvalue weighted by Gasteiger charge is 2.01. The molecule has 0 aromatic carbocycles. The molecule has 0 fully saturated rings. The van der Waals surface area contributed by atoms with Crippen molar-refractivity contribution >= 4 is 12.2 Å². The largest absolute Gasteiger partial charge is 0.348 e. The van der Waals surface area contributed by atoms with Gasteiger partial charge in [-0.3, -0.25) is 4.79 Å². The van der Waals surface area contributed by atoms with Gasteiger partial charge in [-0.05, 0) is 18.6 Å². The maximum Gasteiger partial charge on any atom is 0.215 e. The van der Waals surface area contributed by atoms with Crippen LogP contribution in [0.15, 0.2) is 18.3 Å². The van der Waals surface area contributed by atoms with Crippen molar-refractivity contribution in [1.82, 2.24) is 4.98 Å². The van der Waals surface area contributed by atoms with Crippen LogP contribution in [0, 0.1) is 0 Å². The van der Waals surface area contributed by atoms with E-state index in [1.54, 1.807) is 4.90 Å². The zero-order valence-corrected chi connectivity index (χ0v) is 6.58. The molecule has 1 aromatic rings. The fourth-order valence-corrected chi connectivity index (χ4v) is 0.970. The fraction of sp³-hybridized carbons (Fsp3) is 0.375. The Labute approximate surface area is 66.0 Å². The first-order valence-electron chi connectivity index (χ1n) is 3.73. The number of carbonyl (C=O) groups is 1. The van der Waals surface area contributed by atoms with E-state index in [0.717, 1.165) is 25.2 Å². The van der Waals surface area contributed by atoms with E-state index in [4.69, 9.17) is 0 Å². The van der Waals surface area contributed by atoms with E-state index in [0.29, 0.717) is 0 Å². The number of nitrogens with zero attached hydrogens (tertiary/aromatic N) is 1. The van der Waals surface area contributed by atoms with Crippen molar-refractivity contribution in [3.05, 3.63) is 18.3 Å². The minimum Gasteiger partial charge on any atom is -0.348 e. The van der Waals surface area contributed by atoms with Crippen LogP contribution in [0.1, 0.15) is 13.3 Å². The minimum atomic E-state index is 0.768. The zero-order valence-electron chi connectivity index (χ0n) is 6.58. The van der Waals surface area contributed by atoms with Gasteiger partial charge in [0.1, 0.15) is 5.82 Å². The number of aromatic nitrogens is 1. The van der Waals surface area contributed by atoms with E-state index in [9.17, 15) is 4.79 Å². The Bertz CT molecular complexity index is 206. The number of H-pyrrole nitrogens is 1. The van der Waals surface area contributed by atoms with Crippen LogP contribution in [-0.2, 0) is 4.79 Å². The molecule has 0 saturated carbocycles. The molecule has 1 aromatic heterocycles. The Hall–Kier alpha value is -1.25. The van der Waals surface area contributed by atoms with E-state index < -0.39 is 0 Å². The first-order chi connectivity index (χ1) is 5.38. The summed E-state index contributed by atoms with van der Waals surface area (Å²) in [6.07, 6.45) is 3.62. The Morgan fingerprint density at radius 3 is 3.00 bits per heavy atom. The lowest BCUT2D eigenvalue weighted by Gasteiger charge is -2.13. The van der Waals surface area contributed by atoms with E-state index >= 15 is 0 Å². The first kappa shape index (κ1) is 7.85. The molecule has 1 N–H and O–H groups in total. The number of aromatic amines is 1. The van der Waals surface area contributed by atoms with Gasteiger partial charge in [-0.25, -0.2) is 0 Å². The average molecular weight is 152 g/mol. The van der Waals surface area contributed by atoms with Crippen molar-refractivity contribution < 1.29 is 4.79 Å². The lowest BCUT2D eigenvalue weighted by atomic mass is 10.4. The summed E-state index contributed by atoms with van der Waals surface area (Å²) >= 11 is 0. The van der Waals surface area contributed by atoms with Crippen LogP contribution >= 0.6 is 0 Å². The summed E-state index contributed by atoms with van der Waals surface area (Å²) in [4.78, 5) is 15.1. The molecular formula is C8H12N2O. The van der Waals surface area contributed by atoms with Crippen LogP contribution in [0.3, 0.4) is 0 Å². The molecule has 0 atom stereocenters. The molecule has 1 rings (SSSR count). The highest BCUT2D eigenvalue weighted by Crippen LogP contribution is 2.07. The zero-order chi connectivity index (χ0) is 8.10. The monoisotopic (exact) mass is 152 g/mol. The van der Waals surface area contributed by atoms with E-state index in [2.05, 4.69) is 4.98 Å². The molecule has 0 aliphatic heterocycles. The summed E-state index contributed by atoms with van der Waals surface area (Å²) in [7, 11) is 0. The summed E-state index contributed by atoms with van der Waals surface area (Å²) in [5, 5.41) is 0. The summed E-state index contributed by atoms with van der Waals surface area (Å²) in [5.41, 5.74) is 0. The number of anilines is 1. The van der Waals surface area contributed by atoms with E-state index in [1.807, 2.05) is 25.3 Å². The third kappa shape index (κ3) is 1.83. The Morgan fingerprint density at radius 1 is 1.73 bits per heavy atom. The van der Waals surface area contributed by atoms with E-state index in [-0.39, 0.29) is 0 Å². The van der Waals surface area contributed by atoms with Gasteiger partial charge in [0.15, 0.2) is 0 Å². The molecule has 0 spiro atoms. The lowest BCUT2D eigenvalue weighted by Crippen LogP contribution is -2.21. The number of hydrogen-bond donors (Lipinski definition) is 1. The van der Waals surface area contributed by atoms with Crippen molar-refractivity contribution in [2.45, 2.75) is 13.3 Å². The third-order valence-electron chi connectivity index (χ3n) is 1.48. The number of hydrogen-bond acceptors (Lipinski definition) is 1. The summed E-state index contributed by atoms with van der Waals surface area (Å²) in [5.74, 6) is 0.863. The first-order valence-corrected chi connectivity index (χ1v) is 3.73. The SMILES string of the molecule is CCCN(C=O)c1ccc[nH]1. The molecule has 0 aliphatic carbocycles. The molecule has 1 heterocycles. The van der Waals surface area contributed by atoms with Crippen LogP contribution in [-0.4, -0.2) is 17.9 Å². The summed E-state index contributed by atoms with van der Waals surface area (Å²) in [6, 6.07) is 3.76. The number of amides is 1. The van der Waals surface area contributed by atoms with Crippen LogP contribution < -0.4 is 4.90 Å². The lowest BCUT2D eigenvalue weighted by molar-refractivity contribution is -0.107. The van der Waals surface area contributed by atoms with Gasteiger partial charge in [0.05, 0.1) is 0 Å². The van der Waals surface area contributed by atoms with E-state index in [1.165, 1.54) is 0 Å². The van der Waals surface area contributed by atoms with Crippen LogP contribution in [0.2, 0.25) is 0 Å². The average Bonchev–Trinajstić information content (AvgIpc) is 2.52. The molecule has 3 heteroatoms. The molecule has 1 amide bonds. The molecule has 0 aliphatic rings. The minimum absolute atomic E-state index is 0.768. The summed E-state index contributed by atoms with van der Waals surface area (Å²) < 4.78 is 0. The van der Waals surface area contributed by atoms with Crippen molar-refractivity contribution in [1.29, 1.82) is 0 Å². The van der Waals surface area contributed by atoms with Gasteiger partial charge in [0.2, 0.25) is 6.41 Å². The molecule has 0 radical (unpaired) electrons. The van der Waals surface area contributed by atoms with Gasteiger partial charge in [-0.2, -0.15) is 0 Å². The highest BCUT2D eigenvalue weighted by atomic mass is 16.1. The van der Waals surface area contributed by atoms with Crippen molar-refractivity contribution in [3.8, 4) is 0 Å². The third-order valence-corrected chi connectivity index (χ3v) is 1.48. The number of rotatable bonds is 4. The molecule has 0 bridgehead atoms. The maximum atomic E-state index is 10.5. The Kier molecular flexibility index (Phi) is 2.72. The van der Waals surface area contributed by atoms with Crippen molar-refractivity contribution in [2.24, 2.45) is 0 Å². The summed E-state index contributed by atoms with van der Waals surface area (Å²) in [6.45, 7) is 2.81. The second-order valence-electron chi connectivity index (χ2n) is 2.35. The van der Waals surface area contributed by atoms with Gasteiger partial charge in [-0.1, -0.05) is 6.92 Å². The van der Waals surface area contributed by atoms with Gasteiger partial charge >= 0.3 is 0 Å². The molecule has 0 saturated heterocycles. The van der Waals surface area contributed by atoms with Gasteiger partial charge in [-0.15, -0.1) is 0 Å². The highest BCUT2D eigenvalue weighted by molar-refractivity contribution is 5.72. The van der Waals surface area contributed by atoms with Gasteiger partial charge < -0.3 is 9.88 Å². The smallest absolute Gasteiger partial charge is 0.215 e. The van der Waals surface area contributed by atoms with Crippen LogP contribution in [0.4, 0.5) is 5.82 Å². The number of carbonyl (C=O) groups excluding carboxylic acids is 1. The standard InChI is InChI=1S/C8H12N2O/c1-2-6-10(7-11)8-4-3-5-9-8/h3-5,7,9H,2,6H2,1H3. The second-order valence-corrected chi connectivity index (χ2v) is 2.35. The fourth-order valence-electron chi connectivity index (χ4n) is 0.970. The molecule has 60 valence electrons. The molecule has 11 heavy (non-hydrogen) atoms. The maximum absolute atomic E-state index is 10.5.